The van der Waals surface area contributed by atoms with Crippen molar-refractivity contribution >= 4 is 153 Å². The molecule has 0 saturated carbocycles. The van der Waals surface area contributed by atoms with Crippen LogP contribution < -0.4 is 40.1 Å². The molecule has 1 saturated heterocycles. The normalized spacial score (nSPS) is 14.8. The van der Waals surface area contributed by atoms with Gasteiger partial charge >= 0.3 is 30.2 Å². The van der Waals surface area contributed by atoms with Crippen molar-refractivity contribution in [3.63, 3.8) is 0 Å². The third-order valence-corrected chi connectivity index (χ3v) is 36.0. The largest absolute Gasteiger partial charge is 2.00 e. The molecule has 147 heavy (non-hydrogen) atoms. The Kier molecular flexibility index (Phi) is 50.6. The van der Waals surface area contributed by atoms with E-state index in [0.717, 1.165) is 42.3 Å². The zero-order valence-electron chi connectivity index (χ0n) is 88.1. The second kappa shape index (κ2) is 56.0. The first-order chi connectivity index (χ1) is 66.1. The van der Waals surface area contributed by atoms with Crippen LogP contribution in [0.25, 0.3) is 22.3 Å². The molecule has 0 N–H and O–H groups in total. The Hall–Kier alpha value is -8.11. The first kappa shape index (κ1) is 133. The standard InChI is InChI=1S/C31H38FNO5S2.C26H27FN2O3S.C22H26BFO5S.C15H24BrNO2S.C11H15BrN2O2S.C3H7.2CH4.ClH.Mg/c1-8-40(37,38)19-21-9-14-24(30(35)22-10-12-23(32)13-11-22)25(15-21)27-17-33(7)29(34)16-26(27)28(20(2)3)18-39(36)31(4,5)6;1-5-33(31,32)15-17-6-11-20-21(12-17)23-14-29(4)24(30)13-22(23)25(16(2)3)28-26(20)18-7-9-19(27)10-8-18;1-6-30(26,27)14-15-7-12-18(20(25)16-8-10-17(24)11-9-16)19(13-15)23-28-21(2,3)22(4,5)29-23;1-10(2)12(9-20(19)15(3,4)5)11-7-14(18)17(6)8-13(11)16;1-11(2,3)17(16)13-6-8-5-10(15)14(4)7-9(8)12;1-3-2;;;;/h9-17,20,28H,8,18-19H2,1-7H3;6-14,16,25H,5,15H2,1-4H3;7-13H,6,14H2,1-5H3;7-8,10,12H,9H2,1-6H3;5-7H,1-4H3;3H,1-2H3;2*1H4;1H;/q;;;;;-1;;;;+2/p-1/t28-,39+;25-;;12-,20+;17-;;;;;/m00.00...../s1. The molecule has 2 aliphatic rings. The fourth-order valence-corrected chi connectivity index (χ4v) is 22.0. The summed E-state index contributed by atoms with van der Waals surface area (Å²) in [6.45, 7) is 45.9. The molecule has 0 spiro atoms. The van der Waals surface area contributed by atoms with E-state index < -0.39 is 102 Å². The number of hydrogen-bond donors (Lipinski definition) is 0. The summed E-state index contributed by atoms with van der Waals surface area (Å²) < 4.78 is 174. The average Bonchev–Trinajstić information content (AvgIpc) is 1.29. The van der Waals surface area contributed by atoms with E-state index in [4.69, 9.17) is 14.3 Å². The minimum absolute atomic E-state index is 0. The predicted molar refractivity (Wildman–Crippen MR) is 605 cm³/mol. The van der Waals surface area contributed by atoms with Crippen molar-refractivity contribution in [1.82, 2.24) is 18.3 Å². The van der Waals surface area contributed by atoms with Gasteiger partial charge in [-0.05, 0) is 286 Å². The minimum Gasteiger partial charge on any atom is -1.00 e. The number of ketones is 2. The number of aromatic nitrogens is 4. The van der Waals surface area contributed by atoms with Crippen molar-refractivity contribution in [3.05, 3.63) is 323 Å². The SMILES string of the molecule is C.C.CC(C)[C@H](C[S@@](=O)C(C)(C)C)c1cc(=O)n(C)cc1Br.CCS(=O)(=O)Cc1ccc(C(=O)c2ccc(F)cc2)c(-c2cn(C)c(=O)cc2[C@@H](C[S@@](=O)C(C)(C)C)C(C)C)c1.CCS(=O)(=O)Cc1ccc(C(=O)c2ccc(F)cc2)c(B2OC(C)(C)C(C)(C)O2)c1.CCS(=O)(=O)Cc1ccc2c(c1)-c1cn(C)c(=O)cc1[C@H](C(C)C)N=C2c1ccc(F)cc1.C[CH-]C.Cn1cc(Br)c(C=N[S@@](=O)C(C)(C)C)cc1=O.[Cl-].[Mg+2]. The molecule has 0 bridgehead atoms. The van der Waals surface area contributed by atoms with E-state index >= 15 is 0 Å². The van der Waals surface area contributed by atoms with E-state index in [0.29, 0.717) is 84.2 Å². The fourth-order valence-electron chi connectivity index (χ4n) is 14.8. The summed E-state index contributed by atoms with van der Waals surface area (Å²) in [5.41, 5.74) is 9.68. The maximum absolute atomic E-state index is 13.7. The van der Waals surface area contributed by atoms with Gasteiger partial charge in [0.1, 0.15) is 28.4 Å². The van der Waals surface area contributed by atoms with Crippen molar-refractivity contribution in [3.8, 4) is 22.3 Å². The summed E-state index contributed by atoms with van der Waals surface area (Å²) in [6, 6.07) is 38.0. The van der Waals surface area contributed by atoms with E-state index in [1.807, 2.05) is 156 Å². The number of aryl methyl sites for hydroxylation is 4. The summed E-state index contributed by atoms with van der Waals surface area (Å²) in [6.07, 6.45) is 10.4. The van der Waals surface area contributed by atoms with E-state index in [-0.39, 0.29) is 164 Å². The van der Waals surface area contributed by atoms with Crippen LogP contribution in [0.2, 0.25) is 0 Å². The second-order valence-electron chi connectivity index (χ2n) is 40.5. The number of fused-ring (bicyclic) bond motifs is 3. The van der Waals surface area contributed by atoms with E-state index in [2.05, 4.69) is 50.1 Å². The van der Waals surface area contributed by atoms with Gasteiger partial charge in [0.2, 0.25) is 0 Å². The molecule has 12 rings (SSSR count). The van der Waals surface area contributed by atoms with Crippen molar-refractivity contribution in [2.45, 2.75) is 242 Å². The van der Waals surface area contributed by atoms with Crippen LogP contribution >= 0.6 is 31.9 Å². The number of pyridine rings is 4. The summed E-state index contributed by atoms with van der Waals surface area (Å²) in [5, 5.41) is 0. The van der Waals surface area contributed by atoms with Crippen LogP contribution in [0.15, 0.2) is 214 Å². The number of nitrogens with zero attached hydrogens (tertiary/aromatic N) is 6. The number of hydrogen-bond acceptors (Lipinski definition) is 18. The van der Waals surface area contributed by atoms with Gasteiger partial charge in [0.05, 0.1) is 45.0 Å². The molecule has 2 aliphatic heterocycles. The molecular formula is C110H145BBr2ClF3MgN6O17S6. The molecule has 6 heterocycles. The van der Waals surface area contributed by atoms with Gasteiger partial charge in [0.25, 0.3) is 22.2 Å². The molecule has 1 fully saturated rings. The Morgan fingerprint density at radius 3 is 1.27 bits per heavy atom. The molecule has 0 aliphatic carbocycles. The average molecular weight is 2300 g/mol. The number of sulfone groups is 3. The zero-order chi connectivity index (χ0) is 108. The van der Waals surface area contributed by atoms with E-state index in [1.165, 1.54) is 92.7 Å². The van der Waals surface area contributed by atoms with Crippen LogP contribution in [-0.2, 0) is 117 Å². The number of aliphatic imine (C=N–C) groups is 1. The number of rotatable bonds is 27. The van der Waals surface area contributed by atoms with E-state index in [1.54, 1.807) is 139 Å². The molecule has 0 amide bonds. The minimum atomic E-state index is -3.37. The molecule has 0 radical (unpaired) electrons. The van der Waals surface area contributed by atoms with Gasteiger partial charge < -0.3 is 46.4 Å². The monoisotopic (exact) mass is 2300 g/mol. The van der Waals surface area contributed by atoms with Crippen LogP contribution in [0.4, 0.5) is 13.2 Å². The van der Waals surface area contributed by atoms with Gasteiger partial charge in [-0.25, -0.2) is 42.6 Å². The van der Waals surface area contributed by atoms with Gasteiger partial charge in [-0.15, -0.1) is 0 Å². The number of benzene rings is 6. The Morgan fingerprint density at radius 2 is 0.850 bits per heavy atom. The first-order valence-corrected chi connectivity index (χ1v) is 57.9. The summed E-state index contributed by atoms with van der Waals surface area (Å²) in [4.78, 5) is 80.7. The smallest absolute Gasteiger partial charge is 1.00 e. The Labute approximate surface area is 916 Å². The molecule has 6 atom stereocenters. The quantitative estimate of drug-likeness (QED) is 0.0200. The van der Waals surface area contributed by atoms with Crippen LogP contribution in [0.5, 0.6) is 0 Å². The van der Waals surface area contributed by atoms with Crippen LogP contribution in [-0.4, -0.2) is 164 Å². The number of halogens is 6. The van der Waals surface area contributed by atoms with Gasteiger partial charge in [0, 0.05) is 202 Å². The van der Waals surface area contributed by atoms with Crippen molar-refractivity contribution in [2.24, 2.45) is 55.3 Å². The van der Waals surface area contributed by atoms with Gasteiger partial charge in [-0.2, -0.15) is 18.2 Å². The van der Waals surface area contributed by atoms with Crippen LogP contribution in [0, 0.1) is 41.6 Å². The molecule has 23 nitrogen and oxygen atoms in total. The maximum atomic E-state index is 13.7. The molecule has 37 heteroatoms. The molecule has 800 valence electrons. The third-order valence-electron chi connectivity index (χ3n) is 24.3. The third kappa shape index (κ3) is 36.8. The Bertz CT molecular complexity index is 7020. The summed E-state index contributed by atoms with van der Waals surface area (Å²) >= 11 is 6.86. The summed E-state index contributed by atoms with van der Waals surface area (Å²) in [5.74, 6) is -1.11. The molecule has 0 unspecified atom stereocenters. The van der Waals surface area contributed by atoms with Gasteiger partial charge in [-0.1, -0.05) is 120 Å². The fraction of sp³-hybridized carbons (Fsp3) is 0.445. The predicted octanol–water partition coefficient (Wildman–Crippen LogP) is 18.2. The van der Waals surface area contributed by atoms with Crippen molar-refractivity contribution in [1.29, 1.82) is 0 Å². The molecule has 10 aromatic rings. The van der Waals surface area contributed by atoms with Gasteiger partial charge in [0.15, 0.2) is 41.1 Å². The number of carbonyl (C=O) groups excluding carboxylic acids is 2. The Balaban J connectivity index is 0.000000478. The molecule has 6 aromatic carbocycles. The molecule has 4 aromatic heterocycles. The number of carbonyl (C=O) groups is 2. The van der Waals surface area contributed by atoms with Crippen LogP contribution in [0.3, 0.4) is 0 Å². The second-order valence-corrected chi connectivity index (χ2v) is 55.7. The van der Waals surface area contributed by atoms with Crippen LogP contribution in [0.1, 0.15) is 281 Å². The van der Waals surface area contributed by atoms with Crippen molar-refractivity contribution in [2.75, 3.05) is 28.8 Å². The summed E-state index contributed by atoms with van der Waals surface area (Å²) in [7, 11) is -7.45. The van der Waals surface area contributed by atoms with E-state index in [9.17, 15) is 79.8 Å². The zero-order valence-corrected chi connectivity index (χ0v) is 98.4. The Morgan fingerprint density at radius 1 is 0.490 bits per heavy atom. The first-order valence-electron chi connectivity index (χ1n) is 47.1. The van der Waals surface area contributed by atoms with Gasteiger partial charge in [-0.3, -0.25) is 42.2 Å². The molecular weight excluding hydrogens is 2160 g/mol. The maximum Gasteiger partial charge on any atom is 2.00 e. The topological polar surface area (TPSA) is 319 Å². The van der Waals surface area contributed by atoms with Crippen molar-refractivity contribution < 1.29 is 82.4 Å².